The van der Waals surface area contributed by atoms with E-state index in [1.165, 1.54) is 11.3 Å². The van der Waals surface area contributed by atoms with Gasteiger partial charge in [0.05, 0.1) is 10.8 Å². The van der Waals surface area contributed by atoms with Crippen molar-refractivity contribution in [2.24, 2.45) is 0 Å². The van der Waals surface area contributed by atoms with E-state index >= 15 is 0 Å². The van der Waals surface area contributed by atoms with Crippen molar-refractivity contribution in [1.82, 2.24) is 15.0 Å². The number of carbonyl (C=O) groups is 1. The zero-order chi connectivity index (χ0) is 16.5. The molecule has 2 aliphatic rings. The highest BCUT2D eigenvalue weighted by atomic mass is 32.1. The lowest BCUT2D eigenvalue weighted by Crippen LogP contribution is -2.28. The Labute approximate surface area is 144 Å². The van der Waals surface area contributed by atoms with Crippen LogP contribution in [0.3, 0.4) is 0 Å². The normalized spacial score (nSPS) is 22.2. The van der Waals surface area contributed by atoms with E-state index in [1.807, 2.05) is 23.3 Å². The average molecular weight is 347 g/mol. The zero-order valence-corrected chi connectivity index (χ0v) is 14.6. The molecule has 0 radical (unpaired) electrons. The number of thiophene rings is 1. The van der Waals surface area contributed by atoms with Gasteiger partial charge in [0, 0.05) is 32.2 Å². The molecular weight excluding hydrogens is 326 g/mol. The average Bonchev–Trinajstić information content (AvgIpc) is 3.35. The van der Waals surface area contributed by atoms with E-state index in [4.69, 9.17) is 9.26 Å². The number of hydrogen-bond donors (Lipinski definition) is 0. The summed E-state index contributed by atoms with van der Waals surface area (Å²) in [5, 5.41) is 6.14. The highest BCUT2D eigenvalue weighted by Gasteiger charge is 2.33. The number of amides is 1. The van der Waals surface area contributed by atoms with E-state index in [-0.39, 0.29) is 11.8 Å². The third-order valence-corrected chi connectivity index (χ3v) is 5.93. The monoisotopic (exact) mass is 347 g/mol. The van der Waals surface area contributed by atoms with Crippen LogP contribution in [-0.2, 0) is 4.74 Å². The smallest absolute Gasteiger partial charge is 0.264 e. The Hall–Kier alpha value is -1.73. The maximum absolute atomic E-state index is 12.6. The van der Waals surface area contributed by atoms with Gasteiger partial charge >= 0.3 is 0 Å². The molecule has 2 aliphatic heterocycles. The topological polar surface area (TPSA) is 68.5 Å². The third kappa shape index (κ3) is 2.98. The van der Waals surface area contributed by atoms with Crippen LogP contribution in [0.25, 0.3) is 0 Å². The second kappa shape index (κ2) is 6.64. The SMILES string of the molecule is Cc1ccsc1C(=O)N1CCC(c2nc(C3CCOCC3)no2)C1. The Balaban J connectivity index is 1.42. The lowest BCUT2D eigenvalue weighted by molar-refractivity contribution is 0.0793. The molecule has 1 unspecified atom stereocenters. The molecule has 4 rings (SSSR count). The van der Waals surface area contributed by atoms with Crippen LogP contribution in [0, 0.1) is 6.92 Å². The minimum absolute atomic E-state index is 0.120. The van der Waals surface area contributed by atoms with Gasteiger partial charge < -0.3 is 14.2 Å². The lowest BCUT2D eigenvalue weighted by Gasteiger charge is -2.18. The zero-order valence-electron chi connectivity index (χ0n) is 13.7. The van der Waals surface area contributed by atoms with Gasteiger partial charge in [-0.1, -0.05) is 5.16 Å². The molecule has 6 nitrogen and oxygen atoms in total. The first-order valence-corrected chi connectivity index (χ1v) is 9.35. The molecule has 4 heterocycles. The van der Waals surface area contributed by atoms with Crippen molar-refractivity contribution in [1.29, 1.82) is 0 Å². The summed E-state index contributed by atoms with van der Waals surface area (Å²) in [5.41, 5.74) is 1.05. The maximum atomic E-state index is 12.6. The van der Waals surface area contributed by atoms with Gasteiger partial charge in [0.2, 0.25) is 5.89 Å². The van der Waals surface area contributed by atoms with Crippen LogP contribution < -0.4 is 0 Å². The number of ether oxygens (including phenoxy) is 1. The number of aromatic nitrogens is 2. The number of hydrogen-bond acceptors (Lipinski definition) is 6. The molecule has 0 aliphatic carbocycles. The molecule has 0 bridgehead atoms. The van der Waals surface area contributed by atoms with Crippen molar-refractivity contribution in [2.45, 2.75) is 38.0 Å². The molecule has 0 aromatic carbocycles. The predicted molar refractivity (Wildman–Crippen MR) is 89.4 cm³/mol. The first-order chi connectivity index (χ1) is 11.7. The van der Waals surface area contributed by atoms with Gasteiger partial charge in [-0.15, -0.1) is 11.3 Å². The fourth-order valence-electron chi connectivity index (χ4n) is 3.42. The molecule has 7 heteroatoms. The predicted octanol–water partition coefficient (Wildman–Crippen LogP) is 2.96. The van der Waals surface area contributed by atoms with E-state index < -0.39 is 0 Å². The van der Waals surface area contributed by atoms with Crippen LogP contribution in [0.15, 0.2) is 16.0 Å². The summed E-state index contributed by atoms with van der Waals surface area (Å²) in [6, 6.07) is 1.99. The fraction of sp³-hybridized carbons (Fsp3) is 0.588. The minimum atomic E-state index is 0.120. The van der Waals surface area contributed by atoms with Crippen LogP contribution in [0.1, 0.15) is 58.0 Å². The Morgan fingerprint density at radius 2 is 2.12 bits per heavy atom. The van der Waals surface area contributed by atoms with Gasteiger partial charge in [-0.3, -0.25) is 4.79 Å². The number of carbonyl (C=O) groups excluding carboxylic acids is 1. The summed E-state index contributed by atoms with van der Waals surface area (Å²) in [5.74, 6) is 2.08. The van der Waals surface area contributed by atoms with Crippen molar-refractivity contribution in [3.05, 3.63) is 33.6 Å². The Kier molecular flexibility index (Phi) is 4.37. The standard InChI is InChI=1S/C17H21N3O3S/c1-11-5-9-24-14(11)17(21)20-6-2-13(10-20)16-18-15(19-23-16)12-3-7-22-8-4-12/h5,9,12-13H,2-4,6-8,10H2,1H3. The first-order valence-electron chi connectivity index (χ1n) is 8.47. The van der Waals surface area contributed by atoms with Gasteiger partial charge in [-0.25, -0.2) is 0 Å². The molecule has 1 atom stereocenters. The van der Waals surface area contributed by atoms with Gasteiger partial charge in [-0.2, -0.15) is 4.98 Å². The molecule has 128 valence electrons. The molecule has 1 amide bonds. The van der Waals surface area contributed by atoms with Crippen molar-refractivity contribution < 1.29 is 14.1 Å². The second-order valence-electron chi connectivity index (χ2n) is 6.55. The van der Waals surface area contributed by atoms with E-state index in [2.05, 4.69) is 10.1 Å². The highest BCUT2D eigenvalue weighted by Crippen LogP contribution is 2.31. The Bertz CT molecular complexity index is 720. The molecular formula is C17H21N3O3S. The van der Waals surface area contributed by atoms with E-state index in [0.717, 1.165) is 55.3 Å². The summed E-state index contributed by atoms with van der Waals surface area (Å²) >= 11 is 1.51. The van der Waals surface area contributed by atoms with Gasteiger partial charge in [-0.05, 0) is 43.2 Å². The maximum Gasteiger partial charge on any atom is 0.264 e. The second-order valence-corrected chi connectivity index (χ2v) is 7.46. The number of nitrogens with zero attached hydrogens (tertiary/aromatic N) is 3. The van der Waals surface area contributed by atoms with E-state index in [1.54, 1.807) is 0 Å². The summed E-state index contributed by atoms with van der Waals surface area (Å²) < 4.78 is 10.9. The van der Waals surface area contributed by atoms with Crippen LogP contribution in [-0.4, -0.2) is 47.3 Å². The summed E-state index contributed by atoms with van der Waals surface area (Å²) in [6.07, 6.45) is 2.78. The van der Waals surface area contributed by atoms with Crippen LogP contribution in [0.4, 0.5) is 0 Å². The van der Waals surface area contributed by atoms with Crippen molar-refractivity contribution >= 4 is 17.2 Å². The van der Waals surface area contributed by atoms with Crippen molar-refractivity contribution in [3.8, 4) is 0 Å². The fourth-order valence-corrected chi connectivity index (χ4v) is 4.31. The van der Waals surface area contributed by atoms with Crippen molar-refractivity contribution in [2.75, 3.05) is 26.3 Å². The van der Waals surface area contributed by atoms with Crippen LogP contribution in [0.2, 0.25) is 0 Å². The minimum Gasteiger partial charge on any atom is -0.381 e. The van der Waals surface area contributed by atoms with E-state index in [0.29, 0.717) is 18.4 Å². The van der Waals surface area contributed by atoms with E-state index in [9.17, 15) is 4.79 Å². The number of rotatable bonds is 3. The number of aryl methyl sites for hydroxylation is 1. The van der Waals surface area contributed by atoms with Crippen molar-refractivity contribution in [3.63, 3.8) is 0 Å². The molecule has 2 aromatic heterocycles. The number of likely N-dealkylation sites (tertiary alicyclic amines) is 1. The third-order valence-electron chi connectivity index (χ3n) is 4.92. The first kappa shape index (κ1) is 15.8. The molecule has 2 fully saturated rings. The van der Waals surface area contributed by atoms with Gasteiger partial charge in [0.15, 0.2) is 5.82 Å². The summed E-state index contributed by atoms with van der Waals surface area (Å²) in [4.78, 5) is 20.0. The highest BCUT2D eigenvalue weighted by molar-refractivity contribution is 7.12. The Morgan fingerprint density at radius 1 is 1.29 bits per heavy atom. The van der Waals surface area contributed by atoms with Gasteiger partial charge in [0.25, 0.3) is 5.91 Å². The molecule has 0 saturated carbocycles. The molecule has 2 saturated heterocycles. The summed E-state index contributed by atoms with van der Waals surface area (Å²) in [7, 11) is 0. The molecule has 2 aromatic rings. The quantitative estimate of drug-likeness (QED) is 0.854. The van der Waals surface area contributed by atoms with Crippen LogP contribution in [0.5, 0.6) is 0 Å². The largest absolute Gasteiger partial charge is 0.381 e. The van der Waals surface area contributed by atoms with Gasteiger partial charge in [0.1, 0.15) is 0 Å². The Morgan fingerprint density at radius 3 is 2.88 bits per heavy atom. The molecule has 24 heavy (non-hydrogen) atoms. The lowest BCUT2D eigenvalue weighted by atomic mass is 10.00. The molecule has 0 N–H and O–H groups in total. The summed E-state index contributed by atoms with van der Waals surface area (Å²) in [6.45, 7) is 4.91. The van der Waals surface area contributed by atoms with Crippen LogP contribution >= 0.6 is 11.3 Å². The molecule has 0 spiro atoms.